The Balaban J connectivity index is 1.66. The fourth-order valence-electron chi connectivity index (χ4n) is 3.54. The maximum atomic E-state index is 4.32. The van der Waals surface area contributed by atoms with E-state index in [1.807, 2.05) is 18.2 Å². The molecule has 1 fully saturated rings. The minimum Gasteiger partial charge on any atom is -0.308 e. The lowest BCUT2D eigenvalue weighted by atomic mass is 9.93. The molecule has 1 heterocycles. The van der Waals surface area contributed by atoms with Gasteiger partial charge in [-0.2, -0.15) is 15.4 Å². The molecule has 2 aromatic rings. The van der Waals surface area contributed by atoms with Crippen LogP contribution in [0.5, 0.6) is 0 Å². The number of nitrogens with zero attached hydrogens (tertiary/aromatic N) is 2. The van der Waals surface area contributed by atoms with E-state index >= 15 is 0 Å². The highest BCUT2D eigenvalue weighted by Crippen LogP contribution is 2.34. The van der Waals surface area contributed by atoms with Crippen molar-refractivity contribution in [2.24, 2.45) is 11.8 Å². The van der Waals surface area contributed by atoms with Crippen molar-refractivity contribution < 1.29 is 0 Å². The van der Waals surface area contributed by atoms with Crippen molar-refractivity contribution in [3.05, 3.63) is 36.0 Å². The van der Waals surface area contributed by atoms with Gasteiger partial charge in [0.1, 0.15) is 11.4 Å². The number of rotatable bonds is 5. The second-order valence-corrected chi connectivity index (χ2v) is 6.08. The van der Waals surface area contributed by atoms with Crippen LogP contribution in [0.1, 0.15) is 38.8 Å². The van der Waals surface area contributed by atoms with E-state index in [0.717, 1.165) is 35.3 Å². The maximum Gasteiger partial charge on any atom is 0.117 e. The summed E-state index contributed by atoms with van der Waals surface area (Å²) in [5, 5.41) is 15.1. The third-order valence-corrected chi connectivity index (χ3v) is 4.95. The van der Waals surface area contributed by atoms with Crippen molar-refractivity contribution in [1.82, 2.24) is 20.7 Å². The molecule has 2 N–H and O–H groups in total. The molecule has 1 aromatic carbocycles. The molecule has 4 heteroatoms. The van der Waals surface area contributed by atoms with Gasteiger partial charge in [-0.25, -0.2) is 0 Å². The first kappa shape index (κ1) is 14.3. The molecule has 0 bridgehead atoms. The zero-order valence-corrected chi connectivity index (χ0v) is 12.8. The summed E-state index contributed by atoms with van der Waals surface area (Å²) in [5.41, 5.74) is 3.09. The van der Waals surface area contributed by atoms with Gasteiger partial charge < -0.3 is 5.32 Å². The third-order valence-electron chi connectivity index (χ3n) is 4.95. The number of aromatic amines is 1. The van der Waals surface area contributed by atoms with Gasteiger partial charge in [0.05, 0.1) is 0 Å². The van der Waals surface area contributed by atoms with Crippen LogP contribution in [0.15, 0.2) is 30.3 Å². The first-order chi connectivity index (χ1) is 10.3. The summed E-state index contributed by atoms with van der Waals surface area (Å²) >= 11 is 0. The predicted molar refractivity (Wildman–Crippen MR) is 84.6 cm³/mol. The Morgan fingerprint density at radius 1 is 1.19 bits per heavy atom. The molecule has 1 aliphatic rings. The Kier molecular flexibility index (Phi) is 4.34. The first-order valence-electron chi connectivity index (χ1n) is 7.98. The summed E-state index contributed by atoms with van der Waals surface area (Å²) < 4.78 is 0. The van der Waals surface area contributed by atoms with Crippen LogP contribution in [0.4, 0.5) is 0 Å². The molecular weight excluding hydrogens is 260 g/mol. The predicted octanol–water partition coefficient (Wildman–Crippen LogP) is 3.39. The Labute approximate surface area is 126 Å². The van der Waals surface area contributed by atoms with E-state index in [2.05, 4.69) is 46.7 Å². The van der Waals surface area contributed by atoms with Crippen LogP contribution in [0.3, 0.4) is 0 Å². The lowest BCUT2D eigenvalue weighted by Crippen LogP contribution is -2.32. The molecule has 3 rings (SSSR count). The van der Waals surface area contributed by atoms with Gasteiger partial charge in [0, 0.05) is 18.2 Å². The van der Waals surface area contributed by atoms with Crippen molar-refractivity contribution in [1.29, 1.82) is 0 Å². The van der Waals surface area contributed by atoms with Gasteiger partial charge in [0.2, 0.25) is 0 Å². The Bertz CT molecular complexity index is 563. The van der Waals surface area contributed by atoms with E-state index in [9.17, 15) is 0 Å². The van der Waals surface area contributed by atoms with Crippen molar-refractivity contribution >= 4 is 0 Å². The topological polar surface area (TPSA) is 53.6 Å². The molecule has 1 saturated carbocycles. The van der Waals surface area contributed by atoms with Crippen LogP contribution in [0.2, 0.25) is 0 Å². The average molecular weight is 284 g/mol. The van der Waals surface area contributed by atoms with Gasteiger partial charge in [-0.05, 0) is 24.7 Å². The summed E-state index contributed by atoms with van der Waals surface area (Å²) in [4.78, 5) is 0. The van der Waals surface area contributed by atoms with Crippen molar-refractivity contribution in [3.8, 4) is 11.3 Å². The fraction of sp³-hybridized carbons (Fsp3) is 0.529. The molecule has 0 aliphatic heterocycles. The van der Waals surface area contributed by atoms with Crippen molar-refractivity contribution in [3.63, 3.8) is 0 Å². The lowest BCUT2D eigenvalue weighted by molar-refractivity contribution is 0.343. The smallest absolute Gasteiger partial charge is 0.117 e. The van der Waals surface area contributed by atoms with Crippen LogP contribution in [0.25, 0.3) is 11.3 Å². The van der Waals surface area contributed by atoms with Crippen molar-refractivity contribution in [2.45, 2.75) is 45.7 Å². The minimum atomic E-state index is 0.607. The van der Waals surface area contributed by atoms with Gasteiger partial charge in [0.25, 0.3) is 0 Å². The molecular formula is C17H24N4. The van der Waals surface area contributed by atoms with Crippen molar-refractivity contribution in [2.75, 3.05) is 0 Å². The van der Waals surface area contributed by atoms with Gasteiger partial charge in [0.15, 0.2) is 0 Å². The SMILES string of the molecule is CCC1CCC(NCc2n[nH]nc2-c2ccccc2)C1C. The number of H-pyrrole nitrogens is 1. The van der Waals surface area contributed by atoms with E-state index in [1.165, 1.54) is 19.3 Å². The van der Waals surface area contributed by atoms with E-state index < -0.39 is 0 Å². The molecule has 112 valence electrons. The molecule has 0 amide bonds. The summed E-state index contributed by atoms with van der Waals surface area (Å²) in [7, 11) is 0. The van der Waals surface area contributed by atoms with Crippen LogP contribution in [-0.2, 0) is 6.54 Å². The number of aromatic nitrogens is 3. The highest BCUT2D eigenvalue weighted by atomic mass is 15.3. The summed E-state index contributed by atoms with van der Waals surface area (Å²) in [6.07, 6.45) is 3.91. The third kappa shape index (κ3) is 3.00. The summed E-state index contributed by atoms with van der Waals surface area (Å²) in [6, 6.07) is 10.8. The van der Waals surface area contributed by atoms with Gasteiger partial charge in [-0.3, -0.25) is 0 Å². The van der Waals surface area contributed by atoms with Gasteiger partial charge in [-0.1, -0.05) is 50.6 Å². The van der Waals surface area contributed by atoms with Gasteiger partial charge in [-0.15, -0.1) is 0 Å². The normalized spacial score (nSPS) is 25.3. The molecule has 3 unspecified atom stereocenters. The van der Waals surface area contributed by atoms with E-state index in [4.69, 9.17) is 0 Å². The quantitative estimate of drug-likeness (QED) is 0.885. The molecule has 21 heavy (non-hydrogen) atoms. The molecule has 1 aliphatic carbocycles. The first-order valence-corrected chi connectivity index (χ1v) is 7.98. The molecule has 0 spiro atoms. The highest BCUT2D eigenvalue weighted by Gasteiger charge is 2.31. The summed E-state index contributed by atoms with van der Waals surface area (Å²) in [6.45, 7) is 5.46. The second-order valence-electron chi connectivity index (χ2n) is 6.08. The number of benzene rings is 1. The zero-order chi connectivity index (χ0) is 14.7. The molecule has 3 atom stereocenters. The minimum absolute atomic E-state index is 0.607. The van der Waals surface area contributed by atoms with Crippen LogP contribution in [0, 0.1) is 11.8 Å². The molecule has 0 radical (unpaired) electrons. The molecule has 0 saturated heterocycles. The van der Waals surface area contributed by atoms with E-state index in [0.29, 0.717) is 6.04 Å². The average Bonchev–Trinajstić information content (AvgIpc) is 3.12. The Morgan fingerprint density at radius 2 is 2.00 bits per heavy atom. The number of hydrogen-bond donors (Lipinski definition) is 2. The van der Waals surface area contributed by atoms with Crippen LogP contribution in [-0.4, -0.2) is 21.5 Å². The van der Waals surface area contributed by atoms with Gasteiger partial charge >= 0.3 is 0 Å². The standard InChI is InChI=1S/C17H24N4/c1-3-13-9-10-15(12(13)2)18-11-16-17(20-21-19-16)14-7-5-4-6-8-14/h4-8,12-13,15,18H,3,9-11H2,1-2H3,(H,19,20,21). The highest BCUT2D eigenvalue weighted by molar-refractivity contribution is 5.60. The monoisotopic (exact) mass is 284 g/mol. The number of hydrogen-bond acceptors (Lipinski definition) is 3. The molecule has 1 aromatic heterocycles. The lowest BCUT2D eigenvalue weighted by Gasteiger charge is -2.20. The van der Waals surface area contributed by atoms with E-state index in [1.54, 1.807) is 0 Å². The Hall–Kier alpha value is -1.68. The largest absolute Gasteiger partial charge is 0.308 e. The zero-order valence-electron chi connectivity index (χ0n) is 12.8. The Morgan fingerprint density at radius 3 is 2.71 bits per heavy atom. The summed E-state index contributed by atoms with van der Waals surface area (Å²) in [5.74, 6) is 1.62. The number of nitrogens with one attached hydrogen (secondary N) is 2. The maximum absolute atomic E-state index is 4.32. The molecule has 4 nitrogen and oxygen atoms in total. The fourth-order valence-corrected chi connectivity index (χ4v) is 3.54. The van der Waals surface area contributed by atoms with Crippen LogP contribution < -0.4 is 5.32 Å². The van der Waals surface area contributed by atoms with Crippen LogP contribution >= 0.6 is 0 Å². The second kappa shape index (κ2) is 6.39. The van der Waals surface area contributed by atoms with E-state index in [-0.39, 0.29) is 0 Å².